The molecule has 4 heteroatoms. The second-order valence-electron chi connectivity index (χ2n) is 4.92. The van der Waals surface area contributed by atoms with Gasteiger partial charge in [-0.1, -0.05) is 36.4 Å². The van der Waals surface area contributed by atoms with Gasteiger partial charge in [-0.25, -0.2) is 0 Å². The second kappa shape index (κ2) is 6.74. The molecule has 21 heavy (non-hydrogen) atoms. The lowest BCUT2D eigenvalue weighted by molar-refractivity contribution is -0.137. The topological polar surface area (TPSA) is 0 Å². The van der Waals surface area contributed by atoms with Crippen LogP contribution in [0.3, 0.4) is 0 Å². The van der Waals surface area contributed by atoms with Gasteiger partial charge in [0.05, 0.1) is 12.2 Å². The van der Waals surface area contributed by atoms with E-state index >= 15 is 0 Å². The Morgan fingerprint density at radius 3 is 1.71 bits per heavy atom. The van der Waals surface area contributed by atoms with Gasteiger partial charge in [0.25, 0.3) is 0 Å². The predicted molar refractivity (Wildman–Crippen MR) is 75.8 cm³/mol. The van der Waals surface area contributed by atoms with Crippen molar-refractivity contribution in [3.05, 3.63) is 59.7 Å². The van der Waals surface area contributed by atoms with Crippen molar-refractivity contribution in [2.75, 3.05) is 6.67 Å². The molecule has 0 N–H and O–H groups in total. The van der Waals surface area contributed by atoms with Crippen molar-refractivity contribution in [1.82, 2.24) is 0 Å². The third-order valence-corrected chi connectivity index (χ3v) is 3.35. The lowest BCUT2D eigenvalue weighted by Gasteiger charge is -2.08. The van der Waals surface area contributed by atoms with Crippen LogP contribution < -0.4 is 0 Å². The summed E-state index contributed by atoms with van der Waals surface area (Å²) in [6, 6.07) is 12.8. The van der Waals surface area contributed by atoms with E-state index in [1.165, 1.54) is 12.1 Å². The van der Waals surface area contributed by atoms with E-state index in [9.17, 15) is 17.6 Å². The SMILES string of the molecule is FCCCCc1ccc(-c2ccc(C(F)(F)F)cc2)cc1. The van der Waals surface area contributed by atoms with Gasteiger partial charge in [-0.15, -0.1) is 0 Å². The summed E-state index contributed by atoms with van der Waals surface area (Å²) >= 11 is 0. The highest BCUT2D eigenvalue weighted by Crippen LogP contribution is 2.31. The van der Waals surface area contributed by atoms with E-state index in [0.29, 0.717) is 6.42 Å². The molecule has 0 saturated carbocycles. The molecule has 0 nitrogen and oxygen atoms in total. The normalized spacial score (nSPS) is 11.6. The first-order valence-corrected chi connectivity index (χ1v) is 6.83. The molecule has 0 amide bonds. The maximum absolute atomic E-state index is 12.5. The minimum absolute atomic E-state index is 0.302. The number of hydrogen-bond acceptors (Lipinski definition) is 0. The summed E-state index contributed by atoms with van der Waals surface area (Å²) in [6.45, 7) is -0.302. The Morgan fingerprint density at radius 2 is 1.24 bits per heavy atom. The van der Waals surface area contributed by atoms with E-state index in [4.69, 9.17) is 0 Å². The summed E-state index contributed by atoms with van der Waals surface area (Å²) in [6.07, 6.45) is -2.13. The summed E-state index contributed by atoms with van der Waals surface area (Å²) in [4.78, 5) is 0. The molecule has 2 aromatic carbocycles. The number of rotatable bonds is 5. The quantitative estimate of drug-likeness (QED) is 0.493. The molecule has 2 aromatic rings. The van der Waals surface area contributed by atoms with Crippen molar-refractivity contribution >= 4 is 0 Å². The van der Waals surface area contributed by atoms with Crippen LogP contribution in [0.1, 0.15) is 24.0 Å². The minimum Gasteiger partial charge on any atom is -0.251 e. The molecule has 0 aromatic heterocycles. The third kappa shape index (κ3) is 4.31. The molecule has 0 aliphatic carbocycles. The Bertz CT molecular complexity index is 553. The molecule has 0 saturated heterocycles. The Kier molecular flexibility index (Phi) is 4.99. The van der Waals surface area contributed by atoms with Gasteiger partial charge in [0.1, 0.15) is 0 Å². The average Bonchev–Trinajstić information content (AvgIpc) is 2.48. The zero-order chi connectivity index (χ0) is 15.3. The molecule has 0 atom stereocenters. The van der Waals surface area contributed by atoms with Gasteiger partial charge in [-0.05, 0) is 48.1 Å². The standard InChI is InChI=1S/C17H16F4/c18-12-2-1-3-13-4-6-14(7-5-13)15-8-10-16(11-9-15)17(19,20)21/h4-11H,1-3,12H2. The van der Waals surface area contributed by atoms with Crippen molar-refractivity contribution in [3.8, 4) is 11.1 Å². The van der Waals surface area contributed by atoms with Crippen LogP contribution in [0.15, 0.2) is 48.5 Å². The Morgan fingerprint density at radius 1 is 0.714 bits per heavy atom. The number of halogens is 4. The molecule has 2 rings (SSSR count). The molecule has 0 aliphatic heterocycles. The van der Waals surface area contributed by atoms with Crippen molar-refractivity contribution in [2.45, 2.75) is 25.4 Å². The fraction of sp³-hybridized carbons (Fsp3) is 0.294. The van der Waals surface area contributed by atoms with Crippen LogP contribution >= 0.6 is 0 Å². The van der Waals surface area contributed by atoms with Crippen LogP contribution in [0.4, 0.5) is 17.6 Å². The molecule has 0 spiro atoms. The molecular weight excluding hydrogens is 280 g/mol. The van der Waals surface area contributed by atoms with Gasteiger partial charge in [0.2, 0.25) is 0 Å². The molecule has 0 aliphatic rings. The highest BCUT2D eigenvalue weighted by Gasteiger charge is 2.29. The molecule has 0 heterocycles. The van der Waals surface area contributed by atoms with Crippen molar-refractivity contribution in [1.29, 1.82) is 0 Å². The maximum atomic E-state index is 12.5. The first-order valence-electron chi connectivity index (χ1n) is 6.83. The molecule has 0 unspecified atom stereocenters. The van der Waals surface area contributed by atoms with Gasteiger partial charge >= 0.3 is 6.18 Å². The maximum Gasteiger partial charge on any atom is 0.416 e. The molecular formula is C17H16F4. The van der Waals surface area contributed by atoms with Crippen molar-refractivity contribution in [3.63, 3.8) is 0 Å². The van der Waals surface area contributed by atoms with E-state index in [1.54, 1.807) is 0 Å². The Balaban J connectivity index is 2.08. The highest BCUT2D eigenvalue weighted by molar-refractivity contribution is 5.64. The summed E-state index contributed by atoms with van der Waals surface area (Å²) in [5.74, 6) is 0. The number of hydrogen-bond donors (Lipinski definition) is 0. The fourth-order valence-corrected chi connectivity index (χ4v) is 2.14. The lowest BCUT2D eigenvalue weighted by atomic mass is 10.0. The monoisotopic (exact) mass is 296 g/mol. The van der Waals surface area contributed by atoms with Crippen molar-refractivity contribution < 1.29 is 17.6 Å². The smallest absolute Gasteiger partial charge is 0.251 e. The highest BCUT2D eigenvalue weighted by atomic mass is 19.4. The predicted octanol–water partition coefficient (Wildman–Crippen LogP) is 5.66. The van der Waals surface area contributed by atoms with E-state index in [0.717, 1.165) is 41.7 Å². The number of alkyl halides is 4. The summed E-state index contributed by atoms with van der Waals surface area (Å²) in [5.41, 5.74) is 2.09. The van der Waals surface area contributed by atoms with Crippen LogP contribution in [0.5, 0.6) is 0 Å². The average molecular weight is 296 g/mol. The van der Waals surface area contributed by atoms with Crippen LogP contribution in [0, 0.1) is 0 Å². The fourth-order valence-electron chi connectivity index (χ4n) is 2.14. The van der Waals surface area contributed by atoms with Gasteiger partial charge in [-0.3, -0.25) is 4.39 Å². The second-order valence-corrected chi connectivity index (χ2v) is 4.92. The summed E-state index contributed by atoms with van der Waals surface area (Å²) < 4.78 is 49.5. The number of unbranched alkanes of at least 4 members (excludes halogenated alkanes) is 1. The van der Waals surface area contributed by atoms with E-state index in [1.807, 2.05) is 24.3 Å². The van der Waals surface area contributed by atoms with Gasteiger partial charge in [0, 0.05) is 0 Å². The van der Waals surface area contributed by atoms with Crippen LogP contribution in [0.25, 0.3) is 11.1 Å². The van der Waals surface area contributed by atoms with Crippen LogP contribution in [-0.2, 0) is 12.6 Å². The van der Waals surface area contributed by atoms with Gasteiger partial charge in [0.15, 0.2) is 0 Å². The summed E-state index contributed by atoms with van der Waals surface area (Å²) in [5, 5.41) is 0. The largest absolute Gasteiger partial charge is 0.416 e. The summed E-state index contributed by atoms with van der Waals surface area (Å²) in [7, 11) is 0. The van der Waals surface area contributed by atoms with Gasteiger partial charge in [-0.2, -0.15) is 13.2 Å². The van der Waals surface area contributed by atoms with Crippen molar-refractivity contribution in [2.24, 2.45) is 0 Å². The van der Waals surface area contributed by atoms with Crippen LogP contribution in [-0.4, -0.2) is 6.67 Å². The first-order chi connectivity index (χ1) is 10.0. The van der Waals surface area contributed by atoms with E-state index in [2.05, 4.69) is 0 Å². The third-order valence-electron chi connectivity index (χ3n) is 3.35. The number of benzene rings is 2. The lowest BCUT2D eigenvalue weighted by Crippen LogP contribution is -2.03. The Hall–Kier alpha value is -1.84. The van der Waals surface area contributed by atoms with Crippen LogP contribution in [0.2, 0.25) is 0 Å². The zero-order valence-corrected chi connectivity index (χ0v) is 11.5. The Labute approximate surface area is 121 Å². The molecule has 112 valence electrons. The molecule has 0 radical (unpaired) electrons. The first kappa shape index (κ1) is 15.5. The molecule has 0 fully saturated rings. The van der Waals surface area contributed by atoms with E-state index in [-0.39, 0.29) is 6.67 Å². The van der Waals surface area contributed by atoms with Gasteiger partial charge < -0.3 is 0 Å². The zero-order valence-electron chi connectivity index (χ0n) is 11.5. The van der Waals surface area contributed by atoms with E-state index < -0.39 is 11.7 Å². The molecule has 0 bridgehead atoms. The number of aryl methyl sites for hydroxylation is 1. The minimum atomic E-state index is -4.31.